The second-order valence-electron chi connectivity index (χ2n) is 9.56. The Balaban J connectivity index is 1.63. The lowest BCUT2D eigenvalue weighted by Gasteiger charge is -2.36. The average molecular weight is 377 g/mol. The third-order valence-electron chi connectivity index (χ3n) is 7.30. The second kappa shape index (κ2) is 5.85. The maximum Gasteiger partial charge on any atom is 0.168 e. The fraction of sp³-hybridized carbons (Fsp3) is 0.714. The summed E-state index contributed by atoms with van der Waals surface area (Å²) in [5, 5.41) is 0. The average Bonchev–Trinajstić information content (AvgIpc) is 2.86. The van der Waals surface area contributed by atoms with Gasteiger partial charge in [-0.2, -0.15) is 0 Å². The molecule has 4 heteroatoms. The van der Waals surface area contributed by atoms with Crippen LogP contribution in [0.4, 0.5) is 0 Å². The molecule has 4 rings (SSSR count). The largest absolute Gasteiger partial charge is 0.348 e. The van der Waals surface area contributed by atoms with Crippen LogP contribution in [0.2, 0.25) is 19.6 Å². The molecular formula is C21H32O2SSi. The van der Waals surface area contributed by atoms with E-state index in [4.69, 9.17) is 9.47 Å². The summed E-state index contributed by atoms with van der Waals surface area (Å²) in [6, 6.07) is 11.1. The first kappa shape index (κ1) is 18.1. The summed E-state index contributed by atoms with van der Waals surface area (Å²) in [6.07, 6.45) is 3.82. The Morgan fingerprint density at radius 3 is 2.28 bits per heavy atom. The van der Waals surface area contributed by atoms with Gasteiger partial charge < -0.3 is 9.47 Å². The van der Waals surface area contributed by atoms with Crippen LogP contribution in [0.5, 0.6) is 0 Å². The molecule has 0 radical (unpaired) electrons. The molecule has 0 aromatic heterocycles. The molecule has 1 heterocycles. The Morgan fingerprint density at radius 1 is 1.04 bits per heavy atom. The molecule has 0 bridgehead atoms. The number of thioether (sulfide) groups is 1. The van der Waals surface area contributed by atoms with E-state index >= 15 is 0 Å². The van der Waals surface area contributed by atoms with Crippen molar-refractivity contribution in [2.45, 2.75) is 67.8 Å². The number of hydrogen-bond donors (Lipinski definition) is 0. The van der Waals surface area contributed by atoms with Gasteiger partial charge in [0.2, 0.25) is 0 Å². The third-order valence-corrected chi connectivity index (χ3v) is 14.2. The van der Waals surface area contributed by atoms with Gasteiger partial charge in [0.25, 0.3) is 0 Å². The Labute approximate surface area is 158 Å². The smallest absolute Gasteiger partial charge is 0.168 e. The molecule has 2 saturated carbocycles. The zero-order valence-electron chi connectivity index (χ0n) is 16.3. The molecule has 1 aliphatic heterocycles. The zero-order valence-corrected chi connectivity index (χ0v) is 18.1. The van der Waals surface area contributed by atoms with Crippen molar-refractivity contribution in [2.75, 3.05) is 13.2 Å². The highest BCUT2D eigenvalue weighted by molar-refractivity contribution is 8.03. The molecule has 1 unspecified atom stereocenters. The first-order valence-electron chi connectivity index (χ1n) is 9.75. The van der Waals surface area contributed by atoms with Crippen LogP contribution < -0.4 is 0 Å². The first-order chi connectivity index (χ1) is 11.7. The number of benzene rings is 1. The lowest BCUT2D eigenvalue weighted by molar-refractivity contribution is -0.189. The summed E-state index contributed by atoms with van der Waals surface area (Å²) in [5.41, 5.74) is 0.476. The monoisotopic (exact) mass is 376 g/mol. The highest BCUT2D eigenvalue weighted by Crippen LogP contribution is 2.79. The van der Waals surface area contributed by atoms with Crippen LogP contribution >= 0.6 is 11.8 Å². The van der Waals surface area contributed by atoms with Crippen LogP contribution in [0.3, 0.4) is 0 Å². The van der Waals surface area contributed by atoms with Crippen molar-refractivity contribution in [1.29, 1.82) is 0 Å². The molecule has 1 aromatic rings. The van der Waals surface area contributed by atoms with E-state index < -0.39 is 8.07 Å². The van der Waals surface area contributed by atoms with Crippen LogP contribution in [-0.2, 0) is 9.47 Å². The summed E-state index contributed by atoms with van der Waals surface area (Å²) in [6.45, 7) is 14.0. The Hall–Kier alpha value is -0.293. The van der Waals surface area contributed by atoms with Gasteiger partial charge in [-0.25, -0.2) is 0 Å². The van der Waals surface area contributed by atoms with Gasteiger partial charge >= 0.3 is 0 Å². The first-order valence-corrected chi connectivity index (χ1v) is 14.1. The molecule has 1 saturated heterocycles. The molecular weight excluding hydrogens is 344 g/mol. The van der Waals surface area contributed by atoms with Gasteiger partial charge in [-0.1, -0.05) is 44.8 Å². The molecule has 3 aliphatic rings. The quantitative estimate of drug-likeness (QED) is 0.638. The third kappa shape index (κ3) is 2.59. The van der Waals surface area contributed by atoms with E-state index in [9.17, 15) is 0 Å². The van der Waals surface area contributed by atoms with Gasteiger partial charge in [0, 0.05) is 15.2 Å². The van der Waals surface area contributed by atoms with Crippen molar-refractivity contribution in [2.24, 2.45) is 17.3 Å². The zero-order chi connectivity index (χ0) is 17.9. The van der Waals surface area contributed by atoms with Crippen LogP contribution in [-0.4, -0.2) is 31.4 Å². The molecule has 0 N–H and O–H groups in total. The number of rotatable bonds is 4. The summed E-state index contributed by atoms with van der Waals surface area (Å²) < 4.78 is 12.5. The van der Waals surface area contributed by atoms with Crippen molar-refractivity contribution in [3.05, 3.63) is 30.3 Å². The fourth-order valence-corrected chi connectivity index (χ4v) is 12.6. The molecule has 3 fully saturated rings. The number of hydrogen-bond acceptors (Lipinski definition) is 3. The predicted molar refractivity (Wildman–Crippen MR) is 108 cm³/mol. The molecule has 0 amide bonds. The van der Waals surface area contributed by atoms with Gasteiger partial charge in [0.1, 0.15) is 0 Å². The van der Waals surface area contributed by atoms with Crippen LogP contribution in [0.25, 0.3) is 0 Å². The van der Waals surface area contributed by atoms with Crippen molar-refractivity contribution in [1.82, 2.24) is 0 Å². The maximum absolute atomic E-state index is 6.03. The van der Waals surface area contributed by atoms with Crippen LogP contribution in [0.1, 0.15) is 33.1 Å². The Kier molecular flexibility index (Phi) is 4.23. The second-order valence-corrected chi connectivity index (χ2v) is 16.5. The summed E-state index contributed by atoms with van der Waals surface area (Å²) in [4.78, 5) is 1.44. The van der Waals surface area contributed by atoms with Gasteiger partial charge in [0.05, 0.1) is 21.3 Å². The molecule has 2 nitrogen and oxygen atoms in total. The van der Waals surface area contributed by atoms with E-state index in [-0.39, 0.29) is 5.79 Å². The molecule has 1 aromatic carbocycles. The SMILES string of the molecule is CC1(C2CC[C@@]3(C)[C@@H](C2)[C@@]3(Sc2ccccc2)[Si](C)(C)C)OCCO1. The summed E-state index contributed by atoms with van der Waals surface area (Å²) in [7, 11) is -1.37. The van der Waals surface area contributed by atoms with Crippen molar-refractivity contribution < 1.29 is 9.47 Å². The number of ether oxygens (including phenoxy) is 2. The lowest BCUT2D eigenvalue weighted by atomic mass is 9.79. The molecule has 4 atom stereocenters. The van der Waals surface area contributed by atoms with Crippen molar-refractivity contribution in [3.63, 3.8) is 0 Å². The normalized spacial score (nSPS) is 39.9. The highest BCUT2D eigenvalue weighted by atomic mass is 32.2. The topological polar surface area (TPSA) is 18.5 Å². The maximum atomic E-state index is 6.03. The minimum absolute atomic E-state index is 0.341. The standard InChI is InChI=1S/C21H32O2SSi/c1-19-12-11-16(20(2)22-13-14-23-20)15-18(19)21(19,25(3,4)5)24-17-9-7-6-8-10-17/h6-10,16,18H,11-15H2,1-5H3/t16?,18-,19+,21-/m1/s1. The van der Waals surface area contributed by atoms with Gasteiger partial charge in [-0.05, 0) is 49.7 Å². The van der Waals surface area contributed by atoms with E-state index in [1.165, 1.54) is 24.2 Å². The van der Waals surface area contributed by atoms with E-state index in [0.717, 1.165) is 19.1 Å². The minimum Gasteiger partial charge on any atom is -0.348 e. The van der Waals surface area contributed by atoms with Gasteiger partial charge in [-0.3, -0.25) is 0 Å². The Morgan fingerprint density at radius 2 is 1.68 bits per heavy atom. The van der Waals surface area contributed by atoms with Crippen molar-refractivity contribution >= 4 is 19.8 Å². The molecule has 0 spiro atoms. The molecule has 2 aliphatic carbocycles. The van der Waals surface area contributed by atoms with Crippen LogP contribution in [0, 0.1) is 17.3 Å². The fourth-order valence-electron chi connectivity index (χ4n) is 6.04. The summed E-state index contributed by atoms with van der Waals surface area (Å²) in [5.74, 6) is 0.995. The van der Waals surface area contributed by atoms with E-state index in [1.807, 2.05) is 0 Å². The number of fused-ring (bicyclic) bond motifs is 1. The highest BCUT2D eigenvalue weighted by Gasteiger charge is 2.79. The Bertz CT molecular complexity index is 637. The van der Waals surface area contributed by atoms with Gasteiger partial charge in [-0.15, -0.1) is 11.8 Å². The van der Waals surface area contributed by atoms with E-state index in [2.05, 4.69) is 75.6 Å². The van der Waals surface area contributed by atoms with Gasteiger partial charge in [0.15, 0.2) is 5.79 Å². The predicted octanol–water partition coefficient (Wildman–Crippen LogP) is 5.59. The van der Waals surface area contributed by atoms with E-state index in [1.54, 1.807) is 0 Å². The minimum atomic E-state index is -1.37. The van der Waals surface area contributed by atoms with Crippen molar-refractivity contribution in [3.8, 4) is 0 Å². The van der Waals surface area contributed by atoms with Crippen LogP contribution in [0.15, 0.2) is 35.2 Å². The molecule has 138 valence electrons. The molecule has 25 heavy (non-hydrogen) atoms. The lowest BCUT2D eigenvalue weighted by Crippen LogP contribution is -2.42. The van der Waals surface area contributed by atoms with E-state index in [0.29, 0.717) is 15.7 Å². The summed E-state index contributed by atoms with van der Waals surface area (Å²) >= 11 is 2.19.